The molecule has 1 aliphatic heterocycles. The molecule has 0 radical (unpaired) electrons. The minimum atomic E-state index is -0.0285. The molecule has 96 valence electrons. The van der Waals surface area contributed by atoms with Crippen molar-refractivity contribution in [3.63, 3.8) is 0 Å². The second kappa shape index (κ2) is 4.71. The normalized spacial score (nSPS) is 20.4. The van der Waals surface area contributed by atoms with Gasteiger partial charge in [0.25, 0.3) is 0 Å². The van der Waals surface area contributed by atoms with E-state index in [1.807, 2.05) is 10.7 Å². The van der Waals surface area contributed by atoms with Crippen LogP contribution in [0.2, 0.25) is 0 Å². The zero-order chi connectivity index (χ0) is 12.5. The Hall–Kier alpha value is -1.39. The molecule has 1 atom stereocenters. The van der Waals surface area contributed by atoms with Crippen molar-refractivity contribution >= 4 is 10.9 Å². The van der Waals surface area contributed by atoms with Gasteiger partial charge in [-0.05, 0) is 37.8 Å². The van der Waals surface area contributed by atoms with Gasteiger partial charge in [-0.2, -0.15) is 5.10 Å². The summed E-state index contributed by atoms with van der Waals surface area (Å²) in [4.78, 5) is 0. The standard InChI is InChI=1S/C14H18N2O2/c1-10-5-6-11-12(9-17)15-16(13(11)8-10)14-4-2-3-7-18-14/h5-6,8,14,17H,2-4,7,9H2,1H3. The minimum Gasteiger partial charge on any atom is -0.390 e. The second-order valence-electron chi connectivity index (χ2n) is 4.89. The molecule has 1 N–H and O–H groups in total. The molecule has 0 saturated carbocycles. The van der Waals surface area contributed by atoms with Gasteiger partial charge >= 0.3 is 0 Å². The summed E-state index contributed by atoms with van der Waals surface area (Å²) in [7, 11) is 0. The van der Waals surface area contributed by atoms with Crippen LogP contribution in [0.5, 0.6) is 0 Å². The molecule has 1 fully saturated rings. The van der Waals surface area contributed by atoms with E-state index in [4.69, 9.17) is 4.74 Å². The highest BCUT2D eigenvalue weighted by atomic mass is 16.5. The molecule has 4 heteroatoms. The molecule has 0 aliphatic carbocycles. The van der Waals surface area contributed by atoms with Gasteiger partial charge in [0.05, 0.1) is 17.8 Å². The molecule has 0 bridgehead atoms. The predicted molar refractivity (Wildman–Crippen MR) is 69.2 cm³/mol. The summed E-state index contributed by atoms with van der Waals surface area (Å²) in [5.74, 6) is 0. The number of aliphatic hydroxyl groups is 1. The fraction of sp³-hybridized carbons (Fsp3) is 0.500. The molecule has 1 unspecified atom stereocenters. The molecule has 2 aromatic rings. The number of aryl methyl sites for hydroxylation is 1. The molecule has 4 nitrogen and oxygen atoms in total. The summed E-state index contributed by atoms with van der Waals surface area (Å²) in [6.45, 7) is 2.84. The lowest BCUT2D eigenvalue weighted by atomic mass is 10.1. The zero-order valence-corrected chi connectivity index (χ0v) is 10.6. The summed E-state index contributed by atoms with van der Waals surface area (Å²) >= 11 is 0. The Bertz CT molecular complexity index is 556. The maximum atomic E-state index is 9.40. The van der Waals surface area contributed by atoms with E-state index in [0.29, 0.717) is 0 Å². The van der Waals surface area contributed by atoms with Crippen LogP contribution in [0.4, 0.5) is 0 Å². The molecular formula is C14H18N2O2. The lowest BCUT2D eigenvalue weighted by molar-refractivity contribution is -0.0370. The Morgan fingerprint density at radius 3 is 3.06 bits per heavy atom. The molecule has 0 amide bonds. The maximum Gasteiger partial charge on any atom is 0.150 e. The lowest BCUT2D eigenvalue weighted by Gasteiger charge is -2.23. The number of fused-ring (bicyclic) bond motifs is 1. The first kappa shape index (κ1) is 11.7. The van der Waals surface area contributed by atoms with E-state index >= 15 is 0 Å². The largest absolute Gasteiger partial charge is 0.390 e. The van der Waals surface area contributed by atoms with Crippen molar-refractivity contribution in [2.45, 2.75) is 39.0 Å². The molecule has 3 rings (SSSR count). The van der Waals surface area contributed by atoms with Gasteiger partial charge < -0.3 is 9.84 Å². The number of aromatic nitrogens is 2. The summed E-state index contributed by atoms with van der Waals surface area (Å²) in [5.41, 5.74) is 2.99. The summed E-state index contributed by atoms with van der Waals surface area (Å²) in [5, 5.41) is 14.9. The van der Waals surface area contributed by atoms with Crippen LogP contribution in [0.15, 0.2) is 18.2 Å². The number of nitrogens with zero attached hydrogens (tertiary/aromatic N) is 2. The van der Waals surface area contributed by atoms with E-state index in [-0.39, 0.29) is 12.8 Å². The van der Waals surface area contributed by atoms with Crippen molar-refractivity contribution in [3.05, 3.63) is 29.5 Å². The van der Waals surface area contributed by atoms with Crippen LogP contribution >= 0.6 is 0 Å². The Morgan fingerprint density at radius 1 is 1.44 bits per heavy atom. The predicted octanol–water partition coefficient (Wildman–Crippen LogP) is 2.54. The summed E-state index contributed by atoms with van der Waals surface area (Å²) < 4.78 is 7.73. The third-order valence-corrected chi connectivity index (χ3v) is 3.52. The number of rotatable bonds is 2. The van der Waals surface area contributed by atoms with Crippen molar-refractivity contribution in [3.8, 4) is 0 Å². The van der Waals surface area contributed by atoms with Crippen molar-refractivity contribution in [2.24, 2.45) is 0 Å². The summed E-state index contributed by atoms with van der Waals surface area (Å²) in [6, 6.07) is 6.19. The first-order valence-corrected chi connectivity index (χ1v) is 6.50. The van der Waals surface area contributed by atoms with Gasteiger partial charge in [0.15, 0.2) is 6.23 Å². The third kappa shape index (κ3) is 1.91. The molecule has 1 aromatic carbocycles. The van der Waals surface area contributed by atoms with Crippen LogP contribution in [-0.4, -0.2) is 21.5 Å². The molecule has 2 heterocycles. The van der Waals surface area contributed by atoms with Crippen LogP contribution in [0, 0.1) is 6.92 Å². The van der Waals surface area contributed by atoms with Crippen molar-refractivity contribution in [2.75, 3.05) is 6.61 Å². The van der Waals surface area contributed by atoms with E-state index in [9.17, 15) is 5.11 Å². The highest BCUT2D eigenvalue weighted by Crippen LogP contribution is 2.28. The topological polar surface area (TPSA) is 47.3 Å². The number of hydrogen-bond donors (Lipinski definition) is 1. The Balaban J connectivity index is 2.12. The van der Waals surface area contributed by atoms with E-state index in [2.05, 4.69) is 24.2 Å². The number of aliphatic hydroxyl groups excluding tert-OH is 1. The lowest BCUT2D eigenvalue weighted by Crippen LogP contribution is -2.19. The molecule has 1 aliphatic rings. The van der Waals surface area contributed by atoms with Crippen LogP contribution in [0.25, 0.3) is 10.9 Å². The quantitative estimate of drug-likeness (QED) is 0.885. The smallest absolute Gasteiger partial charge is 0.150 e. The van der Waals surface area contributed by atoms with Crippen molar-refractivity contribution in [1.82, 2.24) is 9.78 Å². The minimum absolute atomic E-state index is 0.0170. The van der Waals surface area contributed by atoms with E-state index in [1.165, 1.54) is 12.0 Å². The van der Waals surface area contributed by atoms with E-state index in [1.54, 1.807) is 0 Å². The average Bonchev–Trinajstić information content (AvgIpc) is 2.77. The van der Waals surface area contributed by atoms with Crippen LogP contribution in [0.3, 0.4) is 0 Å². The monoisotopic (exact) mass is 246 g/mol. The SMILES string of the molecule is Cc1ccc2c(CO)nn(C3CCCCO3)c2c1. The zero-order valence-electron chi connectivity index (χ0n) is 10.6. The maximum absolute atomic E-state index is 9.40. The third-order valence-electron chi connectivity index (χ3n) is 3.52. The fourth-order valence-electron chi connectivity index (χ4n) is 2.57. The van der Waals surface area contributed by atoms with Gasteiger partial charge in [-0.3, -0.25) is 0 Å². The number of benzene rings is 1. The first-order valence-electron chi connectivity index (χ1n) is 6.50. The fourth-order valence-corrected chi connectivity index (χ4v) is 2.57. The highest BCUT2D eigenvalue weighted by Gasteiger charge is 2.20. The molecule has 18 heavy (non-hydrogen) atoms. The van der Waals surface area contributed by atoms with Gasteiger partial charge in [0.1, 0.15) is 0 Å². The molecule has 1 saturated heterocycles. The number of hydrogen-bond acceptors (Lipinski definition) is 3. The first-order chi connectivity index (χ1) is 8.79. The Labute approximate surface area is 106 Å². The van der Waals surface area contributed by atoms with Crippen LogP contribution in [0.1, 0.15) is 36.7 Å². The van der Waals surface area contributed by atoms with Crippen molar-refractivity contribution in [1.29, 1.82) is 0 Å². The van der Waals surface area contributed by atoms with Gasteiger partial charge in [-0.1, -0.05) is 12.1 Å². The van der Waals surface area contributed by atoms with E-state index < -0.39 is 0 Å². The molecular weight excluding hydrogens is 228 g/mol. The second-order valence-corrected chi connectivity index (χ2v) is 4.89. The average molecular weight is 246 g/mol. The van der Waals surface area contributed by atoms with Gasteiger partial charge in [-0.25, -0.2) is 4.68 Å². The Kier molecular flexibility index (Phi) is 3.06. The number of ether oxygens (including phenoxy) is 1. The Morgan fingerprint density at radius 2 is 2.33 bits per heavy atom. The van der Waals surface area contributed by atoms with Gasteiger partial charge in [0.2, 0.25) is 0 Å². The molecule has 1 aromatic heterocycles. The van der Waals surface area contributed by atoms with E-state index in [0.717, 1.165) is 36.0 Å². The van der Waals surface area contributed by atoms with Crippen molar-refractivity contribution < 1.29 is 9.84 Å². The summed E-state index contributed by atoms with van der Waals surface area (Å²) in [6.07, 6.45) is 3.31. The van der Waals surface area contributed by atoms with Crippen LogP contribution in [-0.2, 0) is 11.3 Å². The van der Waals surface area contributed by atoms with Crippen LogP contribution < -0.4 is 0 Å². The highest BCUT2D eigenvalue weighted by molar-refractivity contribution is 5.82. The molecule has 0 spiro atoms. The van der Waals surface area contributed by atoms with Gasteiger partial charge in [0, 0.05) is 12.0 Å². The van der Waals surface area contributed by atoms with Gasteiger partial charge in [-0.15, -0.1) is 0 Å².